The highest BCUT2D eigenvalue weighted by Gasteiger charge is 2.59. The lowest BCUT2D eigenvalue weighted by atomic mass is 9.85. The summed E-state index contributed by atoms with van der Waals surface area (Å²) in [5, 5.41) is 0. The minimum absolute atomic E-state index is 0.00106. The average Bonchev–Trinajstić information content (AvgIpc) is 3.06. The lowest BCUT2D eigenvalue weighted by Crippen LogP contribution is -2.33. The zero-order valence-electron chi connectivity index (χ0n) is 10.7. The Labute approximate surface area is 111 Å². The van der Waals surface area contributed by atoms with E-state index in [0.29, 0.717) is 0 Å². The van der Waals surface area contributed by atoms with Gasteiger partial charge in [-0.1, -0.05) is 30.4 Å². The third kappa shape index (κ3) is 1.28. The van der Waals surface area contributed by atoms with Crippen molar-refractivity contribution in [3.05, 3.63) is 42.0 Å². The largest absolute Gasteiger partial charge is 0.274 e. The van der Waals surface area contributed by atoms with Crippen LogP contribution in [-0.2, 0) is 9.59 Å². The van der Waals surface area contributed by atoms with Gasteiger partial charge in [0.25, 0.3) is 0 Å². The molecule has 0 radical (unpaired) electrons. The second-order valence-corrected chi connectivity index (χ2v) is 5.80. The lowest BCUT2D eigenvalue weighted by Gasteiger charge is -2.19. The van der Waals surface area contributed by atoms with E-state index in [-0.39, 0.29) is 35.5 Å². The van der Waals surface area contributed by atoms with E-state index in [0.717, 1.165) is 17.7 Å². The molecule has 2 amide bonds. The van der Waals surface area contributed by atoms with E-state index in [1.165, 1.54) is 4.90 Å². The number of amides is 2. The Kier molecular flexibility index (Phi) is 2.06. The van der Waals surface area contributed by atoms with Gasteiger partial charge in [-0.05, 0) is 36.8 Å². The number of hydrogen-bond acceptors (Lipinski definition) is 2. The highest BCUT2D eigenvalue weighted by atomic mass is 16.2. The first-order chi connectivity index (χ1) is 9.18. The molecule has 0 unspecified atom stereocenters. The molecule has 96 valence electrons. The quantitative estimate of drug-likeness (QED) is 0.569. The number of carbonyl (C=O) groups is 2. The van der Waals surface area contributed by atoms with Crippen LogP contribution < -0.4 is 4.90 Å². The molecule has 4 rings (SSSR count). The van der Waals surface area contributed by atoms with Gasteiger partial charge in [0.1, 0.15) is 0 Å². The number of allylic oxidation sites excluding steroid dienone is 2. The summed E-state index contributed by atoms with van der Waals surface area (Å²) in [7, 11) is 0. The van der Waals surface area contributed by atoms with E-state index in [2.05, 4.69) is 12.2 Å². The number of hydrogen-bond donors (Lipinski definition) is 0. The number of fused-ring (bicyclic) bond motifs is 5. The van der Waals surface area contributed by atoms with Crippen LogP contribution in [0.25, 0.3) is 0 Å². The highest BCUT2D eigenvalue weighted by molar-refractivity contribution is 6.23. The van der Waals surface area contributed by atoms with Crippen LogP contribution in [0.15, 0.2) is 36.4 Å². The Hall–Kier alpha value is -1.90. The zero-order valence-corrected chi connectivity index (χ0v) is 10.7. The monoisotopic (exact) mass is 253 g/mol. The first-order valence-corrected chi connectivity index (χ1v) is 6.80. The highest BCUT2D eigenvalue weighted by Crippen LogP contribution is 2.53. The molecular weight excluding hydrogens is 238 g/mol. The van der Waals surface area contributed by atoms with Crippen LogP contribution >= 0.6 is 0 Å². The fourth-order valence-electron chi connectivity index (χ4n) is 3.95. The first-order valence-electron chi connectivity index (χ1n) is 6.80. The molecule has 1 aliphatic heterocycles. The molecule has 1 heterocycles. The molecule has 1 aromatic rings. The van der Waals surface area contributed by atoms with Crippen molar-refractivity contribution in [1.29, 1.82) is 0 Å². The number of aryl methyl sites for hydroxylation is 1. The minimum Gasteiger partial charge on any atom is -0.274 e. The molecule has 0 spiro atoms. The maximum Gasteiger partial charge on any atom is 0.238 e. The molecule has 2 aliphatic carbocycles. The first kappa shape index (κ1) is 11.0. The van der Waals surface area contributed by atoms with Crippen LogP contribution in [0.3, 0.4) is 0 Å². The van der Waals surface area contributed by atoms with Crippen LogP contribution in [0.2, 0.25) is 0 Å². The molecule has 3 aliphatic rings. The van der Waals surface area contributed by atoms with Gasteiger partial charge in [0.05, 0.1) is 17.5 Å². The predicted octanol–water partition coefficient (Wildman–Crippen LogP) is 2.31. The number of para-hydroxylation sites is 1. The average molecular weight is 253 g/mol. The molecule has 19 heavy (non-hydrogen) atoms. The van der Waals surface area contributed by atoms with Gasteiger partial charge in [-0.3, -0.25) is 9.59 Å². The Bertz CT molecular complexity index is 589. The van der Waals surface area contributed by atoms with E-state index in [9.17, 15) is 9.59 Å². The van der Waals surface area contributed by atoms with Crippen molar-refractivity contribution in [2.45, 2.75) is 13.3 Å². The summed E-state index contributed by atoms with van der Waals surface area (Å²) in [5.74, 6) is 0.340. The third-order valence-electron chi connectivity index (χ3n) is 4.83. The van der Waals surface area contributed by atoms with Gasteiger partial charge in [0.2, 0.25) is 11.8 Å². The molecule has 2 bridgehead atoms. The summed E-state index contributed by atoms with van der Waals surface area (Å²) < 4.78 is 0. The minimum atomic E-state index is -0.109. The molecule has 4 atom stereocenters. The van der Waals surface area contributed by atoms with Gasteiger partial charge in [0, 0.05) is 0 Å². The Morgan fingerprint density at radius 3 is 2.16 bits per heavy atom. The summed E-state index contributed by atoms with van der Waals surface area (Å²) >= 11 is 0. The van der Waals surface area contributed by atoms with Gasteiger partial charge >= 0.3 is 0 Å². The van der Waals surface area contributed by atoms with Crippen LogP contribution in [0, 0.1) is 30.6 Å². The Morgan fingerprint density at radius 1 is 1.00 bits per heavy atom. The van der Waals surface area contributed by atoms with Crippen molar-refractivity contribution in [1.82, 2.24) is 0 Å². The maximum atomic E-state index is 12.6. The van der Waals surface area contributed by atoms with Crippen molar-refractivity contribution in [3.8, 4) is 0 Å². The van der Waals surface area contributed by atoms with Gasteiger partial charge in [-0.2, -0.15) is 0 Å². The lowest BCUT2D eigenvalue weighted by molar-refractivity contribution is -0.123. The van der Waals surface area contributed by atoms with Gasteiger partial charge in [-0.25, -0.2) is 4.90 Å². The summed E-state index contributed by atoms with van der Waals surface area (Å²) in [4.78, 5) is 26.6. The maximum absolute atomic E-state index is 12.6. The molecule has 1 saturated heterocycles. The molecule has 0 aromatic heterocycles. The smallest absolute Gasteiger partial charge is 0.238 e. The number of imide groups is 1. The molecule has 2 fully saturated rings. The SMILES string of the molecule is Cc1ccccc1N1C(=O)[C@H]2[C@H](C1=O)[C@@H]1C=C[C@@H]2C1. The fourth-order valence-corrected chi connectivity index (χ4v) is 3.95. The molecule has 0 N–H and O–H groups in total. The number of anilines is 1. The van der Waals surface area contributed by atoms with E-state index in [1.54, 1.807) is 0 Å². The predicted molar refractivity (Wildman–Crippen MR) is 71.4 cm³/mol. The number of rotatable bonds is 1. The topological polar surface area (TPSA) is 37.4 Å². The number of carbonyl (C=O) groups excluding carboxylic acids is 2. The van der Waals surface area contributed by atoms with E-state index < -0.39 is 0 Å². The van der Waals surface area contributed by atoms with Gasteiger partial charge < -0.3 is 0 Å². The number of nitrogens with zero attached hydrogens (tertiary/aromatic N) is 1. The number of benzene rings is 1. The standard InChI is InChI=1S/C16H15NO2/c1-9-4-2-3-5-12(9)17-15(18)13-10-6-7-11(8-10)14(13)16(17)19/h2-7,10-11,13-14H,8H2,1H3/t10-,11-,13-,14-/m1/s1. The normalized spacial score (nSPS) is 35.3. The van der Waals surface area contributed by atoms with Crippen LogP contribution in [0.4, 0.5) is 5.69 Å². The summed E-state index contributed by atoms with van der Waals surface area (Å²) in [5.41, 5.74) is 1.73. The summed E-state index contributed by atoms with van der Waals surface area (Å²) in [6.07, 6.45) is 5.23. The zero-order chi connectivity index (χ0) is 13.1. The fraction of sp³-hybridized carbons (Fsp3) is 0.375. The van der Waals surface area contributed by atoms with E-state index in [4.69, 9.17) is 0 Å². The molecule has 1 saturated carbocycles. The van der Waals surface area contributed by atoms with Crippen molar-refractivity contribution >= 4 is 17.5 Å². The third-order valence-corrected chi connectivity index (χ3v) is 4.83. The molecular formula is C16H15NO2. The van der Waals surface area contributed by atoms with Crippen molar-refractivity contribution in [2.24, 2.45) is 23.7 Å². The molecule has 3 heteroatoms. The van der Waals surface area contributed by atoms with Gasteiger partial charge in [0.15, 0.2) is 0 Å². The van der Waals surface area contributed by atoms with Crippen LogP contribution in [0.5, 0.6) is 0 Å². The van der Waals surface area contributed by atoms with Crippen molar-refractivity contribution in [2.75, 3.05) is 4.90 Å². The van der Waals surface area contributed by atoms with E-state index in [1.807, 2.05) is 31.2 Å². The summed E-state index contributed by atoms with van der Waals surface area (Å²) in [6.45, 7) is 1.94. The van der Waals surface area contributed by atoms with Crippen molar-refractivity contribution < 1.29 is 9.59 Å². The second kappa shape index (κ2) is 3.56. The summed E-state index contributed by atoms with van der Waals surface area (Å²) in [6, 6.07) is 7.61. The Balaban J connectivity index is 1.79. The van der Waals surface area contributed by atoms with E-state index >= 15 is 0 Å². The van der Waals surface area contributed by atoms with Crippen molar-refractivity contribution in [3.63, 3.8) is 0 Å². The van der Waals surface area contributed by atoms with Gasteiger partial charge in [-0.15, -0.1) is 0 Å². The molecule has 3 nitrogen and oxygen atoms in total. The Morgan fingerprint density at radius 2 is 1.58 bits per heavy atom. The van der Waals surface area contributed by atoms with Crippen LogP contribution in [-0.4, -0.2) is 11.8 Å². The molecule has 1 aromatic carbocycles. The second-order valence-electron chi connectivity index (χ2n) is 5.80. The van der Waals surface area contributed by atoms with Crippen LogP contribution in [0.1, 0.15) is 12.0 Å².